The van der Waals surface area contributed by atoms with Crippen molar-refractivity contribution >= 4 is 17.9 Å². The fraction of sp³-hybridized carbons (Fsp3) is 0.444. The number of rotatable bonds is 3. The van der Waals surface area contributed by atoms with E-state index in [0.717, 1.165) is 17.8 Å². The summed E-state index contributed by atoms with van der Waals surface area (Å²) in [7, 11) is 0. The molecule has 0 bridgehead atoms. The molecule has 0 aromatic carbocycles. The molecule has 2 nitrogen and oxygen atoms in total. The molecular formula is C9H11ClO2. The molecule has 0 aliphatic heterocycles. The van der Waals surface area contributed by atoms with Gasteiger partial charge in [-0.25, -0.2) is 0 Å². The first kappa shape index (κ1) is 9.33. The SMILES string of the molecule is Cc1ccc(C(C)C(Cl)C=O)o1. The Bertz CT molecular complexity index is 267. The zero-order chi connectivity index (χ0) is 9.14. The smallest absolute Gasteiger partial charge is 0.138 e. The molecule has 0 aliphatic rings. The van der Waals surface area contributed by atoms with Gasteiger partial charge in [0.25, 0.3) is 0 Å². The van der Waals surface area contributed by atoms with E-state index in [4.69, 9.17) is 16.0 Å². The predicted octanol–water partition coefficient (Wildman–Crippen LogP) is 2.50. The number of aryl methyl sites for hydroxylation is 1. The summed E-state index contributed by atoms with van der Waals surface area (Å²) in [5.41, 5.74) is 0. The lowest BCUT2D eigenvalue weighted by Gasteiger charge is -2.08. The Kier molecular flexibility index (Phi) is 2.93. The molecule has 0 radical (unpaired) electrons. The summed E-state index contributed by atoms with van der Waals surface area (Å²) >= 11 is 5.73. The quantitative estimate of drug-likeness (QED) is 0.536. The van der Waals surface area contributed by atoms with Crippen LogP contribution in [0.15, 0.2) is 16.5 Å². The van der Waals surface area contributed by atoms with Gasteiger partial charge in [-0.15, -0.1) is 11.6 Å². The van der Waals surface area contributed by atoms with Gasteiger partial charge in [-0.05, 0) is 19.1 Å². The van der Waals surface area contributed by atoms with E-state index >= 15 is 0 Å². The van der Waals surface area contributed by atoms with Crippen LogP contribution in [0.25, 0.3) is 0 Å². The van der Waals surface area contributed by atoms with Gasteiger partial charge >= 0.3 is 0 Å². The van der Waals surface area contributed by atoms with Crippen LogP contribution < -0.4 is 0 Å². The van der Waals surface area contributed by atoms with E-state index in [1.54, 1.807) is 0 Å². The molecule has 1 heterocycles. The second-order valence-corrected chi connectivity index (χ2v) is 3.32. The molecule has 0 amide bonds. The largest absolute Gasteiger partial charge is 0.466 e. The van der Waals surface area contributed by atoms with Crippen LogP contribution in [0.1, 0.15) is 24.4 Å². The lowest BCUT2D eigenvalue weighted by molar-refractivity contribution is -0.107. The number of carbonyl (C=O) groups is 1. The Hall–Kier alpha value is -0.760. The van der Waals surface area contributed by atoms with Crippen molar-refractivity contribution in [3.8, 4) is 0 Å². The van der Waals surface area contributed by atoms with Crippen LogP contribution >= 0.6 is 11.6 Å². The molecule has 3 heteroatoms. The highest BCUT2D eigenvalue weighted by molar-refractivity contribution is 6.28. The topological polar surface area (TPSA) is 30.2 Å². The van der Waals surface area contributed by atoms with Gasteiger partial charge in [0.05, 0.1) is 5.38 Å². The van der Waals surface area contributed by atoms with Crippen LogP contribution in [0.5, 0.6) is 0 Å². The predicted molar refractivity (Wildman–Crippen MR) is 47.6 cm³/mol. The van der Waals surface area contributed by atoms with E-state index in [1.807, 2.05) is 26.0 Å². The van der Waals surface area contributed by atoms with Crippen LogP contribution in [0.4, 0.5) is 0 Å². The molecular weight excluding hydrogens is 176 g/mol. The van der Waals surface area contributed by atoms with Crippen LogP contribution in [0.3, 0.4) is 0 Å². The first-order valence-electron chi connectivity index (χ1n) is 3.81. The average Bonchev–Trinajstić information content (AvgIpc) is 2.49. The molecule has 12 heavy (non-hydrogen) atoms. The van der Waals surface area contributed by atoms with Gasteiger partial charge in [0.2, 0.25) is 0 Å². The molecule has 1 aromatic heterocycles. The molecule has 0 saturated carbocycles. The number of hydrogen-bond donors (Lipinski definition) is 0. The first-order chi connectivity index (χ1) is 5.65. The van der Waals surface area contributed by atoms with Gasteiger partial charge in [-0.3, -0.25) is 0 Å². The Balaban J connectivity index is 2.77. The lowest BCUT2D eigenvalue weighted by Crippen LogP contribution is -2.09. The van der Waals surface area contributed by atoms with Crippen molar-refractivity contribution in [3.05, 3.63) is 23.7 Å². The number of aldehydes is 1. The third-order valence-corrected chi connectivity index (χ3v) is 2.30. The molecule has 1 rings (SSSR count). The minimum absolute atomic E-state index is 0.0575. The average molecular weight is 187 g/mol. The third-order valence-electron chi connectivity index (χ3n) is 1.82. The van der Waals surface area contributed by atoms with Crippen LogP contribution in [0.2, 0.25) is 0 Å². The normalized spacial score (nSPS) is 15.6. The van der Waals surface area contributed by atoms with E-state index in [-0.39, 0.29) is 5.92 Å². The molecule has 66 valence electrons. The summed E-state index contributed by atoms with van der Waals surface area (Å²) in [6.45, 7) is 3.73. The Morgan fingerprint density at radius 3 is 2.67 bits per heavy atom. The first-order valence-corrected chi connectivity index (χ1v) is 4.24. The van der Waals surface area contributed by atoms with Gasteiger partial charge in [-0.1, -0.05) is 6.92 Å². The van der Waals surface area contributed by atoms with E-state index < -0.39 is 5.38 Å². The maximum atomic E-state index is 10.4. The van der Waals surface area contributed by atoms with Gasteiger partial charge < -0.3 is 9.21 Å². The zero-order valence-corrected chi connectivity index (χ0v) is 7.84. The highest BCUT2D eigenvalue weighted by Crippen LogP contribution is 2.23. The fourth-order valence-electron chi connectivity index (χ4n) is 0.973. The van der Waals surface area contributed by atoms with Gasteiger partial charge in [0.15, 0.2) is 0 Å². The number of hydrogen-bond acceptors (Lipinski definition) is 2. The second-order valence-electron chi connectivity index (χ2n) is 2.82. The second kappa shape index (κ2) is 3.76. The van der Waals surface area contributed by atoms with Crippen LogP contribution in [-0.2, 0) is 4.79 Å². The molecule has 0 aliphatic carbocycles. The van der Waals surface area contributed by atoms with Crippen molar-refractivity contribution < 1.29 is 9.21 Å². The molecule has 2 unspecified atom stereocenters. The summed E-state index contributed by atoms with van der Waals surface area (Å²) in [4.78, 5) is 10.4. The summed E-state index contributed by atoms with van der Waals surface area (Å²) in [5, 5.41) is -0.504. The van der Waals surface area contributed by atoms with Crippen molar-refractivity contribution in [2.75, 3.05) is 0 Å². The molecule has 2 atom stereocenters. The van der Waals surface area contributed by atoms with E-state index in [2.05, 4.69) is 0 Å². The highest BCUT2D eigenvalue weighted by atomic mass is 35.5. The Morgan fingerprint density at radius 2 is 2.25 bits per heavy atom. The molecule has 0 N–H and O–H groups in total. The summed E-state index contributed by atoms with van der Waals surface area (Å²) in [5.74, 6) is 1.55. The maximum absolute atomic E-state index is 10.4. The number of alkyl halides is 1. The van der Waals surface area contributed by atoms with Crippen molar-refractivity contribution in [3.63, 3.8) is 0 Å². The van der Waals surface area contributed by atoms with Crippen molar-refractivity contribution in [2.24, 2.45) is 0 Å². The lowest BCUT2D eigenvalue weighted by atomic mass is 10.1. The van der Waals surface area contributed by atoms with Crippen molar-refractivity contribution in [2.45, 2.75) is 25.1 Å². The number of halogens is 1. The fourth-order valence-corrected chi connectivity index (χ4v) is 1.10. The van der Waals surface area contributed by atoms with E-state index in [9.17, 15) is 4.79 Å². The molecule has 1 aromatic rings. The zero-order valence-electron chi connectivity index (χ0n) is 7.08. The monoisotopic (exact) mass is 186 g/mol. The van der Waals surface area contributed by atoms with Gasteiger partial charge in [0.1, 0.15) is 17.8 Å². The summed E-state index contributed by atoms with van der Waals surface area (Å²) < 4.78 is 5.32. The van der Waals surface area contributed by atoms with Crippen molar-refractivity contribution in [1.29, 1.82) is 0 Å². The van der Waals surface area contributed by atoms with Crippen LogP contribution in [0, 0.1) is 6.92 Å². The van der Waals surface area contributed by atoms with E-state index in [0.29, 0.717) is 0 Å². The maximum Gasteiger partial charge on any atom is 0.138 e. The molecule has 0 fully saturated rings. The number of carbonyl (C=O) groups excluding carboxylic acids is 1. The highest BCUT2D eigenvalue weighted by Gasteiger charge is 2.18. The summed E-state index contributed by atoms with van der Waals surface area (Å²) in [6.07, 6.45) is 0.726. The standard InChI is InChI=1S/C9H11ClO2/c1-6-3-4-9(12-6)7(2)8(10)5-11/h3-5,7-8H,1-2H3. The minimum Gasteiger partial charge on any atom is -0.466 e. The Morgan fingerprint density at radius 1 is 1.58 bits per heavy atom. The van der Waals surface area contributed by atoms with E-state index in [1.165, 1.54) is 0 Å². The third kappa shape index (κ3) is 1.89. The molecule has 0 saturated heterocycles. The minimum atomic E-state index is -0.504. The van der Waals surface area contributed by atoms with Crippen LogP contribution in [-0.4, -0.2) is 11.7 Å². The van der Waals surface area contributed by atoms with Crippen molar-refractivity contribution in [1.82, 2.24) is 0 Å². The van der Waals surface area contributed by atoms with Gasteiger partial charge in [0, 0.05) is 5.92 Å². The number of furan rings is 1. The van der Waals surface area contributed by atoms with Gasteiger partial charge in [-0.2, -0.15) is 0 Å². The summed E-state index contributed by atoms with van der Waals surface area (Å²) in [6, 6.07) is 3.71. The Labute approximate surface area is 76.5 Å². The molecule has 0 spiro atoms.